The standard InChI is InChI=1S/C21H30N4O2/c1-14-12-22-13-19-17-6-5-16(11-18(17)23-25(14)19)15-7-9-24(10-8-15)20(26)27-21(2,3)4/h5-6,11,14-15,22H,7-10,12-13H2,1-4H3/t14-/m0/s1. The minimum absolute atomic E-state index is 0.195. The summed E-state index contributed by atoms with van der Waals surface area (Å²) in [6.07, 6.45) is 1.74. The molecule has 1 fully saturated rings. The van der Waals surface area contributed by atoms with Crippen LogP contribution in [0.1, 0.15) is 63.8 Å². The van der Waals surface area contributed by atoms with Gasteiger partial charge in [-0.25, -0.2) is 4.79 Å². The summed E-state index contributed by atoms with van der Waals surface area (Å²) >= 11 is 0. The van der Waals surface area contributed by atoms with Crippen LogP contribution in [0.25, 0.3) is 10.9 Å². The third kappa shape index (κ3) is 3.68. The van der Waals surface area contributed by atoms with E-state index in [1.54, 1.807) is 0 Å². The Morgan fingerprint density at radius 3 is 2.70 bits per heavy atom. The highest BCUT2D eigenvalue weighted by Gasteiger charge is 2.28. The number of carbonyl (C=O) groups is 1. The molecule has 27 heavy (non-hydrogen) atoms. The zero-order valence-electron chi connectivity index (χ0n) is 16.8. The summed E-state index contributed by atoms with van der Waals surface area (Å²) in [5.74, 6) is 0.474. The summed E-state index contributed by atoms with van der Waals surface area (Å²) in [6, 6.07) is 7.12. The fourth-order valence-corrected chi connectivity index (χ4v) is 4.18. The molecule has 1 aromatic heterocycles. The van der Waals surface area contributed by atoms with Crippen molar-refractivity contribution >= 4 is 17.0 Å². The molecule has 1 aromatic carbocycles. The number of ether oxygens (including phenoxy) is 1. The molecular weight excluding hydrogens is 340 g/mol. The predicted molar refractivity (Wildman–Crippen MR) is 106 cm³/mol. The number of hydrogen-bond donors (Lipinski definition) is 1. The number of amides is 1. The Hall–Kier alpha value is -2.08. The van der Waals surface area contributed by atoms with E-state index in [9.17, 15) is 4.79 Å². The topological polar surface area (TPSA) is 59.4 Å². The zero-order valence-corrected chi connectivity index (χ0v) is 16.8. The van der Waals surface area contributed by atoms with Crippen LogP contribution in [0.15, 0.2) is 18.2 Å². The normalized spacial score (nSPS) is 21.3. The predicted octanol–water partition coefficient (Wildman–Crippen LogP) is 3.82. The van der Waals surface area contributed by atoms with Crippen LogP contribution in [0.5, 0.6) is 0 Å². The van der Waals surface area contributed by atoms with Crippen LogP contribution in [-0.4, -0.2) is 46.0 Å². The molecule has 4 rings (SSSR count). The first kappa shape index (κ1) is 18.3. The zero-order chi connectivity index (χ0) is 19.2. The molecule has 1 amide bonds. The number of fused-ring (bicyclic) bond motifs is 3. The van der Waals surface area contributed by atoms with E-state index < -0.39 is 5.60 Å². The van der Waals surface area contributed by atoms with E-state index in [1.165, 1.54) is 16.6 Å². The largest absolute Gasteiger partial charge is 0.444 e. The molecule has 0 aliphatic carbocycles. The fraction of sp³-hybridized carbons (Fsp3) is 0.619. The molecule has 0 bridgehead atoms. The van der Waals surface area contributed by atoms with E-state index in [4.69, 9.17) is 9.84 Å². The van der Waals surface area contributed by atoms with Gasteiger partial charge in [0.2, 0.25) is 0 Å². The van der Waals surface area contributed by atoms with Crippen molar-refractivity contribution in [3.05, 3.63) is 29.5 Å². The Balaban J connectivity index is 1.47. The van der Waals surface area contributed by atoms with Gasteiger partial charge in [0, 0.05) is 31.6 Å². The fourth-order valence-electron chi connectivity index (χ4n) is 4.18. The first-order chi connectivity index (χ1) is 12.8. The van der Waals surface area contributed by atoms with Gasteiger partial charge in [-0.1, -0.05) is 12.1 Å². The average Bonchev–Trinajstić information content (AvgIpc) is 3.00. The molecule has 1 saturated heterocycles. The molecular formula is C21H30N4O2. The second-order valence-electron chi connectivity index (χ2n) is 8.89. The SMILES string of the molecule is C[C@H]1CNCc2c3ccc(C4CCN(C(=O)OC(C)(C)C)CC4)cc3nn21. The number of nitrogens with zero attached hydrogens (tertiary/aromatic N) is 3. The molecule has 6 nitrogen and oxygen atoms in total. The van der Waals surface area contributed by atoms with Crippen molar-refractivity contribution in [3.63, 3.8) is 0 Å². The third-order valence-electron chi connectivity index (χ3n) is 5.59. The summed E-state index contributed by atoms with van der Waals surface area (Å²) in [4.78, 5) is 14.1. The number of aromatic nitrogens is 2. The average molecular weight is 370 g/mol. The van der Waals surface area contributed by atoms with Gasteiger partial charge in [0.1, 0.15) is 5.60 Å². The number of carbonyl (C=O) groups excluding carboxylic acids is 1. The highest BCUT2D eigenvalue weighted by molar-refractivity contribution is 5.82. The smallest absolute Gasteiger partial charge is 0.410 e. The van der Waals surface area contributed by atoms with Crippen molar-refractivity contribution in [1.29, 1.82) is 0 Å². The number of rotatable bonds is 1. The van der Waals surface area contributed by atoms with Gasteiger partial charge in [-0.3, -0.25) is 4.68 Å². The van der Waals surface area contributed by atoms with Crippen molar-refractivity contribution in [2.45, 2.75) is 64.6 Å². The van der Waals surface area contributed by atoms with Crippen molar-refractivity contribution in [1.82, 2.24) is 20.0 Å². The number of nitrogens with one attached hydrogen (secondary N) is 1. The van der Waals surface area contributed by atoms with Gasteiger partial charge >= 0.3 is 6.09 Å². The lowest BCUT2D eigenvalue weighted by Gasteiger charge is -2.33. The highest BCUT2D eigenvalue weighted by atomic mass is 16.6. The van der Waals surface area contributed by atoms with Crippen LogP contribution in [0.2, 0.25) is 0 Å². The quantitative estimate of drug-likeness (QED) is 0.829. The Labute approximate surface area is 160 Å². The minimum atomic E-state index is -0.439. The molecule has 0 unspecified atom stereocenters. The Morgan fingerprint density at radius 2 is 2.00 bits per heavy atom. The molecule has 1 atom stereocenters. The van der Waals surface area contributed by atoms with Gasteiger partial charge in [-0.15, -0.1) is 0 Å². The summed E-state index contributed by atoms with van der Waals surface area (Å²) in [5.41, 5.74) is 3.27. The van der Waals surface area contributed by atoms with Gasteiger partial charge in [0.25, 0.3) is 0 Å². The number of likely N-dealkylation sites (tertiary alicyclic amines) is 1. The second kappa shape index (κ2) is 6.82. The monoisotopic (exact) mass is 370 g/mol. The van der Waals surface area contributed by atoms with Crippen LogP contribution < -0.4 is 5.32 Å². The molecule has 2 aromatic rings. The van der Waals surface area contributed by atoms with E-state index in [0.717, 1.165) is 44.5 Å². The lowest BCUT2D eigenvalue weighted by atomic mass is 9.89. The summed E-state index contributed by atoms with van der Waals surface area (Å²) in [6.45, 7) is 11.3. The van der Waals surface area contributed by atoms with Gasteiger partial charge in [0.05, 0.1) is 17.3 Å². The van der Waals surface area contributed by atoms with Crippen molar-refractivity contribution < 1.29 is 9.53 Å². The van der Waals surface area contributed by atoms with Crippen molar-refractivity contribution in [2.75, 3.05) is 19.6 Å². The lowest BCUT2D eigenvalue weighted by Crippen LogP contribution is -2.41. The highest BCUT2D eigenvalue weighted by Crippen LogP contribution is 2.32. The second-order valence-corrected chi connectivity index (χ2v) is 8.89. The molecule has 0 saturated carbocycles. The van der Waals surface area contributed by atoms with Crippen LogP contribution in [-0.2, 0) is 11.3 Å². The van der Waals surface area contributed by atoms with E-state index in [1.807, 2.05) is 25.7 Å². The Bertz CT molecular complexity index is 844. The van der Waals surface area contributed by atoms with Crippen LogP contribution >= 0.6 is 0 Å². The van der Waals surface area contributed by atoms with Crippen LogP contribution in [0.4, 0.5) is 4.79 Å². The number of hydrogen-bond acceptors (Lipinski definition) is 4. The van der Waals surface area contributed by atoms with E-state index in [2.05, 4.69) is 35.1 Å². The van der Waals surface area contributed by atoms with Crippen LogP contribution in [0, 0.1) is 0 Å². The van der Waals surface area contributed by atoms with Gasteiger partial charge in [-0.2, -0.15) is 5.10 Å². The molecule has 2 aliphatic rings. The maximum atomic E-state index is 12.3. The molecule has 1 N–H and O–H groups in total. The first-order valence-corrected chi connectivity index (χ1v) is 10.0. The first-order valence-electron chi connectivity index (χ1n) is 10.0. The molecule has 6 heteroatoms. The molecule has 2 aliphatic heterocycles. The summed E-state index contributed by atoms with van der Waals surface area (Å²) in [5, 5.41) is 9.59. The molecule has 0 spiro atoms. The maximum Gasteiger partial charge on any atom is 0.410 e. The number of piperidine rings is 1. The van der Waals surface area contributed by atoms with Crippen molar-refractivity contribution in [2.24, 2.45) is 0 Å². The van der Waals surface area contributed by atoms with Gasteiger partial charge in [-0.05, 0) is 58.1 Å². The van der Waals surface area contributed by atoms with E-state index in [-0.39, 0.29) is 6.09 Å². The molecule has 3 heterocycles. The van der Waals surface area contributed by atoms with Crippen LogP contribution in [0.3, 0.4) is 0 Å². The molecule has 0 radical (unpaired) electrons. The van der Waals surface area contributed by atoms with E-state index in [0.29, 0.717) is 12.0 Å². The van der Waals surface area contributed by atoms with Gasteiger partial charge in [0.15, 0.2) is 0 Å². The minimum Gasteiger partial charge on any atom is -0.444 e. The lowest BCUT2D eigenvalue weighted by molar-refractivity contribution is 0.0205. The summed E-state index contributed by atoms with van der Waals surface area (Å²) < 4.78 is 7.68. The Kier molecular flexibility index (Phi) is 4.62. The summed E-state index contributed by atoms with van der Waals surface area (Å²) in [7, 11) is 0. The number of benzene rings is 1. The van der Waals surface area contributed by atoms with Crippen molar-refractivity contribution in [3.8, 4) is 0 Å². The maximum absolute atomic E-state index is 12.3. The van der Waals surface area contributed by atoms with E-state index >= 15 is 0 Å². The van der Waals surface area contributed by atoms with Gasteiger partial charge < -0.3 is 15.0 Å². The molecule has 146 valence electrons. The Morgan fingerprint density at radius 1 is 1.26 bits per heavy atom. The third-order valence-corrected chi connectivity index (χ3v) is 5.59.